The summed E-state index contributed by atoms with van der Waals surface area (Å²) in [6.45, 7) is 1.93. The van der Waals surface area contributed by atoms with Gasteiger partial charge in [-0.2, -0.15) is 0 Å². The molecule has 0 aliphatic rings. The number of aliphatic hydroxyl groups excluding tert-OH is 1. The predicted molar refractivity (Wildman–Crippen MR) is 59.6 cm³/mol. The van der Waals surface area contributed by atoms with Crippen molar-refractivity contribution in [1.29, 1.82) is 0 Å². The third kappa shape index (κ3) is 3.32. The van der Waals surface area contributed by atoms with E-state index in [4.69, 9.17) is 5.11 Å². The Kier molecular flexibility index (Phi) is 4.29. The van der Waals surface area contributed by atoms with Crippen molar-refractivity contribution in [2.45, 2.75) is 24.7 Å². The molecule has 0 atom stereocenters. The number of aliphatic hydroxyl groups is 1. The highest BCUT2D eigenvalue weighted by molar-refractivity contribution is 7.91. The molecule has 0 unspecified atom stereocenters. The van der Waals surface area contributed by atoms with Crippen molar-refractivity contribution in [2.75, 3.05) is 12.4 Å². The molecule has 1 N–H and O–H groups in total. The van der Waals surface area contributed by atoms with Crippen LogP contribution in [-0.2, 0) is 16.3 Å². The average molecular weight is 228 g/mol. The number of sulfone groups is 1. The Balaban J connectivity index is 2.89. The molecule has 0 spiro atoms. The van der Waals surface area contributed by atoms with Crippen molar-refractivity contribution in [2.24, 2.45) is 0 Å². The summed E-state index contributed by atoms with van der Waals surface area (Å²) in [6, 6.07) is 6.71. The first-order valence-corrected chi connectivity index (χ1v) is 6.68. The van der Waals surface area contributed by atoms with Crippen LogP contribution in [0.1, 0.15) is 18.9 Å². The van der Waals surface area contributed by atoms with Gasteiger partial charge in [-0.1, -0.05) is 19.1 Å². The van der Waals surface area contributed by atoms with E-state index in [0.717, 1.165) is 5.56 Å². The Morgan fingerprint density at radius 1 is 1.20 bits per heavy atom. The minimum atomic E-state index is -3.10. The third-order valence-corrected chi connectivity index (χ3v) is 4.09. The molecule has 3 nitrogen and oxygen atoms in total. The van der Waals surface area contributed by atoms with Crippen molar-refractivity contribution in [3.8, 4) is 0 Å². The summed E-state index contributed by atoms with van der Waals surface area (Å²) in [5.74, 6) is 0.187. The standard InChI is InChI=1S/C11H16O3S/c1-2-9-15(13,14)11-5-3-10(4-6-11)7-8-12/h3-6,12H,2,7-9H2,1H3. The molecule has 1 rings (SSSR count). The van der Waals surface area contributed by atoms with Crippen LogP contribution in [0.25, 0.3) is 0 Å². The van der Waals surface area contributed by atoms with E-state index in [2.05, 4.69) is 0 Å². The predicted octanol–water partition coefficient (Wildman–Crippen LogP) is 1.41. The highest BCUT2D eigenvalue weighted by Crippen LogP contribution is 2.13. The zero-order valence-corrected chi connectivity index (χ0v) is 9.63. The lowest BCUT2D eigenvalue weighted by atomic mass is 10.2. The largest absolute Gasteiger partial charge is 0.396 e. The van der Waals surface area contributed by atoms with Gasteiger partial charge in [-0.3, -0.25) is 0 Å². The summed E-state index contributed by atoms with van der Waals surface area (Å²) in [4.78, 5) is 0.367. The summed E-state index contributed by atoms with van der Waals surface area (Å²) < 4.78 is 23.3. The maximum Gasteiger partial charge on any atom is 0.178 e. The number of hydrogen-bond acceptors (Lipinski definition) is 3. The lowest BCUT2D eigenvalue weighted by Crippen LogP contribution is -2.05. The maximum atomic E-state index is 11.7. The van der Waals surface area contributed by atoms with Gasteiger partial charge in [0.15, 0.2) is 9.84 Å². The summed E-state index contributed by atoms with van der Waals surface area (Å²) in [5.41, 5.74) is 0.952. The fourth-order valence-electron chi connectivity index (χ4n) is 1.38. The van der Waals surface area contributed by atoms with E-state index in [9.17, 15) is 8.42 Å². The smallest absolute Gasteiger partial charge is 0.178 e. The molecule has 0 saturated heterocycles. The molecule has 0 aliphatic heterocycles. The zero-order valence-electron chi connectivity index (χ0n) is 8.81. The lowest BCUT2D eigenvalue weighted by Gasteiger charge is -2.03. The van der Waals surface area contributed by atoms with Crippen molar-refractivity contribution >= 4 is 9.84 Å². The molecule has 0 amide bonds. The molecule has 84 valence electrons. The number of hydrogen-bond donors (Lipinski definition) is 1. The van der Waals surface area contributed by atoms with E-state index in [1.807, 2.05) is 6.92 Å². The van der Waals surface area contributed by atoms with Crippen LogP contribution in [0.4, 0.5) is 0 Å². The highest BCUT2D eigenvalue weighted by Gasteiger charge is 2.12. The van der Waals surface area contributed by atoms with E-state index < -0.39 is 9.84 Å². The monoisotopic (exact) mass is 228 g/mol. The van der Waals surface area contributed by atoms with Crippen LogP contribution in [0.15, 0.2) is 29.2 Å². The maximum absolute atomic E-state index is 11.7. The molecule has 4 heteroatoms. The van der Waals surface area contributed by atoms with Gasteiger partial charge in [0.2, 0.25) is 0 Å². The van der Waals surface area contributed by atoms with Gasteiger partial charge in [-0.25, -0.2) is 8.42 Å². The zero-order chi connectivity index (χ0) is 11.3. The van der Waals surface area contributed by atoms with Gasteiger partial charge in [-0.05, 0) is 30.5 Å². The highest BCUT2D eigenvalue weighted by atomic mass is 32.2. The van der Waals surface area contributed by atoms with Crippen molar-refractivity contribution in [1.82, 2.24) is 0 Å². The Labute approximate surface area is 90.7 Å². The fraction of sp³-hybridized carbons (Fsp3) is 0.455. The van der Waals surface area contributed by atoms with Crippen molar-refractivity contribution < 1.29 is 13.5 Å². The van der Waals surface area contributed by atoms with Crippen LogP contribution in [0.2, 0.25) is 0 Å². The van der Waals surface area contributed by atoms with Crippen LogP contribution < -0.4 is 0 Å². The molecule has 0 saturated carbocycles. The quantitative estimate of drug-likeness (QED) is 0.829. The van der Waals surface area contributed by atoms with E-state index >= 15 is 0 Å². The minimum Gasteiger partial charge on any atom is -0.396 e. The molecular formula is C11H16O3S. The van der Waals surface area contributed by atoms with Gasteiger partial charge in [0, 0.05) is 6.61 Å². The normalized spacial score (nSPS) is 11.6. The van der Waals surface area contributed by atoms with E-state index in [0.29, 0.717) is 17.7 Å². The molecular weight excluding hydrogens is 212 g/mol. The summed E-state index contributed by atoms with van der Waals surface area (Å²) in [6.07, 6.45) is 1.19. The van der Waals surface area contributed by atoms with Crippen LogP contribution in [-0.4, -0.2) is 25.9 Å². The second-order valence-electron chi connectivity index (χ2n) is 3.44. The molecule has 0 fully saturated rings. The third-order valence-electron chi connectivity index (χ3n) is 2.16. The van der Waals surface area contributed by atoms with E-state index in [-0.39, 0.29) is 12.4 Å². The van der Waals surface area contributed by atoms with Crippen LogP contribution in [0, 0.1) is 0 Å². The topological polar surface area (TPSA) is 54.4 Å². The van der Waals surface area contributed by atoms with Gasteiger partial charge < -0.3 is 5.11 Å². The molecule has 0 aliphatic carbocycles. The lowest BCUT2D eigenvalue weighted by molar-refractivity contribution is 0.299. The number of rotatable bonds is 5. The Bertz CT molecular complexity index is 392. The fourth-order valence-corrected chi connectivity index (χ4v) is 2.70. The van der Waals surface area contributed by atoms with Crippen LogP contribution >= 0.6 is 0 Å². The van der Waals surface area contributed by atoms with Crippen molar-refractivity contribution in [3.63, 3.8) is 0 Å². The van der Waals surface area contributed by atoms with Crippen molar-refractivity contribution in [3.05, 3.63) is 29.8 Å². The van der Waals surface area contributed by atoms with Gasteiger partial charge in [0.25, 0.3) is 0 Å². The van der Waals surface area contributed by atoms with E-state index in [1.54, 1.807) is 24.3 Å². The number of benzene rings is 1. The first kappa shape index (κ1) is 12.2. The van der Waals surface area contributed by atoms with Gasteiger partial charge in [0.05, 0.1) is 10.6 Å². The van der Waals surface area contributed by atoms with Gasteiger partial charge in [-0.15, -0.1) is 0 Å². The van der Waals surface area contributed by atoms with Crippen LogP contribution in [0.3, 0.4) is 0 Å². The SMILES string of the molecule is CCCS(=O)(=O)c1ccc(CCO)cc1. The average Bonchev–Trinajstić information content (AvgIpc) is 2.19. The summed E-state index contributed by atoms with van der Waals surface area (Å²) in [5, 5.41) is 8.71. The molecule has 0 bridgehead atoms. The second kappa shape index (κ2) is 5.28. The molecule has 1 aromatic rings. The first-order chi connectivity index (χ1) is 7.10. The Hall–Kier alpha value is -0.870. The van der Waals surface area contributed by atoms with Gasteiger partial charge >= 0.3 is 0 Å². The van der Waals surface area contributed by atoms with E-state index in [1.165, 1.54) is 0 Å². The Morgan fingerprint density at radius 2 is 1.80 bits per heavy atom. The summed E-state index contributed by atoms with van der Waals surface area (Å²) >= 11 is 0. The summed E-state index contributed by atoms with van der Waals surface area (Å²) in [7, 11) is -3.10. The Morgan fingerprint density at radius 3 is 2.27 bits per heavy atom. The molecule has 1 aromatic carbocycles. The van der Waals surface area contributed by atoms with Gasteiger partial charge in [0.1, 0.15) is 0 Å². The molecule has 0 heterocycles. The molecule has 15 heavy (non-hydrogen) atoms. The molecule has 0 aromatic heterocycles. The molecule has 0 radical (unpaired) electrons. The minimum absolute atomic E-state index is 0.0844. The van der Waals surface area contributed by atoms with Crippen LogP contribution in [0.5, 0.6) is 0 Å². The second-order valence-corrected chi connectivity index (χ2v) is 5.55. The first-order valence-electron chi connectivity index (χ1n) is 5.02.